The molecule has 34 heavy (non-hydrogen) atoms. The van der Waals surface area contributed by atoms with E-state index in [0.717, 1.165) is 25.7 Å². The molecule has 172 valence electrons. The van der Waals surface area contributed by atoms with Crippen LogP contribution in [0.2, 0.25) is 0 Å². The van der Waals surface area contributed by atoms with Crippen molar-refractivity contribution in [2.45, 2.75) is 31.7 Å². The van der Waals surface area contributed by atoms with Gasteiger partial charge in [-0.05, 0) is 72.7 Å². The van der Waals surface area contributed by atoms with Gasteiger partial charge in [-0.2, -0.15) is 0 Å². The Labute approximate surface area is 197 Å². The number of ether oxygens (including phenoxy) is 1. The lowest BCUT2D eigenvalue weighted by Gasteiger charge is -2.26. The number of ketones is 1. The maximum atomic E-state index is 13.3. The van der Waals surface area contributed by atoms with E-state index in [4.69, 9.17) is 4.74 Å². The minimum atomic E-state index is -0.858. The van der Waals surface area contributed by atoms with Crippen molar-refractivity contribution in [3.05, 3.63) is 94.6 Å². The quantitative estimate of drug-likeness (QED) is 0.332. The van der Waals surface area contributed by atoms with Crippen LogP contribution in [0.4, 0.5) is 5.69 Å². The van der Waals surface area contributed by atoms with Crippen LogP contribution in [0, 0.1) is 0 Å². The molecule has 1 aliphatic carbocycles. The highest BCUT2D eigenvalue weighted by molar-refractivity contribution is 6.51. The number of hydrogen-bond acceptors (Lipinski definition) is 5. The summed E-state index contributed by atoms with van der Waals surface area (Å²) in [5, 5.41) is 21.2. The van der Waals surface area contributed by atoms with Crippen molar-refractivity contribution in [2.24, 2.45) is 0 Å². The number of aliphatic hydroxyl groups excluding tert-OH is 1. The van der Waals surface area contributed by atoms with Crippen LogP contribution < -0.4 is 9.64 Å². The predicted octanol–water partition coefficient (Wildman–Crippen LogP) is 4.91. The molecule has 0 aromatic heterocycles. The second-order valence-corrected chi connectivity index (χ2v) is 8.65. The molecule has 6 nitrogen and oxygen atoms in total. The molecule has 1 saturated heterocycles. The van der Waals surface area contributed by atoms with Gasteiger partial charge in [0.15, 0.2) is 0 Å². The lowest BCUT2D eigenvalue weighted by atomic mass is 9.88. The number of Topliss-reactive ketones (excluding diaryl/α,β-unsaturated/α-hetero) is 1. The van der Waals surface area contributed by atoms with Crippen LogP contribution in [0.1, 0.15) is 41.1 Å². The minimum absolute atomic E-state index is 0.0225. The normalized spacial score (nSPS) is 19.2. The molecule has 1 heterocycles. The second-order valence-electron chi connectivity index (χ2n) is 8.65. The molecule has 3 aromatic rings. The number of anilines is 1. The van der Waals surface area contributed by atoms with E-state index >= 15 is 0 Å². The Morgan fingerprint density at radius 1 is 0.941 bits per heavy atom. The lowest BCUT2D eigenvalue weighted by molar-refractivity contribution is -0.132. The summed E-state index contributed by atoms with van der Waals surface area (Å²) in [5.74, 6) is -1.08. The highest BCUT2D eigenvalue weighted by atomic mass is 16.5. The number of aliphatic hydroxyl groups is 1. The largest absolute Gasteiger partial charge is 0.508 e. The maximum Gasteiger partial charge on any atom is 0.300 e. The van der Waals surface area contributed by atoms with Crippen LogP contribution >= 0.6 is 0 Å². The number of hydrogen-bond donors (Lipinski definition) is 2. The molecule has 1 atom stereocenters. The Kier molecular flexibility index (Phi) is 5.57. The van der Waals surface area contributed by atoms with Crippen LogP contribution in [0.5, 0.6) is 11.5 Å². The number of benzene rings is 3. The second kappa shape index (κ2) is 8.71. The number of carbonyl (C=O) groups is 2. The zero-order chi connectivity index (χ0) is 23.8. The van der Waals surface area contributed by atoms with E-state index in [1.807, 2.05) is 18.2 Å². The highest BCUT2D eigenvalue weighted by Gasteiger charge is 2.47. The molecule has 0 radical (unpaired) electrons. The zero-order valence-corrected chi connectivity index (χ0v) is 18.8. The van der Waals surface area contributed by atoms with Gasteiger partial charge in [0.2, 0.25) is 0 Å². The van der Waals surface area contributed by atoms with Crippen LogP contribution in [0.3, 0.4) is 0 Å². The summed E-state index contributed by atoms with van der Waals surface area (Å²) < 4.78 is 5.31. The molecule has 6 heteroatoms. The number of carbonyl (C=O) groups excluding carboxylic acids is 2. The number of phenols is 1. The first kappa shape index (κ1) is 21.8. The van der Waals surface area contributed by atoms with Crippen molar-refractivity contribution >= 4 is 23.1 Å². The van der Waals surface area contributed by atoms with E-state index in [1.54, 1.807) is 36.4 Å². The molecule has 1 fully saturated rings. The number of nitrogens with zero attached hydrogens (tertiary/aromatic N) is 1. The fraction of sp³-hybridized carbons (Fsp3) is 0.214. The van der Waals surface area contributed by atoms with E-state index < -0.39 is 17.7 Å². The molecule has 1 unspecified atom stereocenters. The number of aromatic hydroxyl groups is 1. The van der Waals surface area contributed by atoms with Gasteiger partial charge in [0.1, 0.15) is 17.3 Å². The fourth-order valence-corrected chi connectivity index (χ4v) is 4.87. The average Bonchev–Trinajstić information content (AvgIpc) is 3.14. The van der Waals surface area contributed by atoms with Gasteiger partial charge >= 0.3 is 0 Å². The number of amides is 1. The van der Waals surface area contributed by atoms with Gasteiger partial charge < -0.3 is 14.9 Å². The van der Waals surface area contributed by atoms with Gasteiger partial charge in [-0.1, -0.05) is 30.3 Å². The van der Waals surface area contributed by atoms with Gasteiger partial charge in [-0.25, -0.2) is 0 Å². The van der Waals surface area contributed by atoms with Crippen molar-refractivity contribution in [2.75, 3.05) is 12.0 Å². The first-order chi connectivity index (χ1) is 16.5. The Hall–Kier alpha value is -4.06. The maximum absolute atomic E-state index is 13.3. The van der Waals surface area contributed by atoms with E-state index in [-0.39, 0.29) is 17.1 Å². The van der Waals surface area contributed by atoms with Crippen molar-refractivity contribution in [1.29, 1.82) is 0 Å². The fourth-order valence-electron chi connectivity index (χ4n) is 4.87. The number of fused-ring (bicyclic) bond motifs is 1. The molecule has 1 amide bonds. The first-order valence-electron chi connectivity index (χ1n) is 11.3. The van der Waals surface area contributed by atoms with Gasteiger partial charge in [0.25, 0.3) is 11.7 Å². The smallest absolute Gasteiger partial charge is 0.300 e. The number of aryl methyl sites for hydroxylation is 2. The number of rotatable bonds is 4. The summed E-state index contributed by atoms with van der Waals surface area (Å²) in [7, 11) is 1.53. The molecule has 0 spiro atoms. The van der Waals surface area contributed by atoms with Crippen LogP contribution in [-0.4, -0.2) is 29.0 Å². The molecular weight excluding hydrogens is 430 g/mol. The molecule has 2 N–H and O–H groups in total. The van der Waals surface area contributed by atoms with E-state index in [1.165, 1.54) is 35.3 Å². The Bertz CT molecular complexity index is 1310. The standard InChI is InChI=1S/C28H25NO5/c1-34-23-8-4-7-21(16-23)29-25(18-11-13-22(30)14-12-18)24(27(32)28(29)33)26(31)20-10-9-17-5-2-3-6-19(17)15-20/h4,7-16,25,30-31H,2-3,5-6H2,1H3/b26-24-. The molecule has 1 aliphatic heterocycles. The van der Waals surface area contributed by atoms with Gasteiger partial charge in [0.05, 0.1) is 18.7 Å². The monoisotopic (exact) mass is 455 g/mol. The van der Waals surface area contributed by atoms with Crippen molar-refractivity contribution in [3.8, 4) is 11.5 Å². The lowest BCUT2D eigenvalue weighted by Crippen LogP contribution is -2.29. The topological polar surface area (TPSA) is 87.1 Å². The van der Waals surface area contributed by atoms with Gasteiger partial charge in [-0.15, -0.1) is 0 Å². The van der Waals surface area contributed by atoms with Crippen molar-refractivity contribution in [3.63, 3.8) is 0 Å². The van der Waals surface area contributed by atoms with Crippen LogP contribution in [-0.2, 0) is 22.4 Å². The predicted molar refractivity (Wildman–Crippen MR) is 129 cm³/mol. The van der Waals surface area contributed by atoms with E-state index in [9.17, 15) is 19.8 Å². The SMILES string of the molecule is COc1cccc(N2C(=O)C(=O)/C(=C(\O)c3ccc4c(c3)CCCC4)C2c2ccc(O)cc2)c1. The van der Waals surface area contributed by atoms with E-state index in [2.05, 4.69) is 0 Å². The summed E-state index contributed by atoms with van der Waals surface area (Å²) in [6, 6.07) is 18.1. The molecular formula is C28H25NO5. The average molecular weight is 456 g/mol. The highest BCUT2D eigenvalue weighted by Crippen LogP contribution is 2.43. The third-order valence-corrected chi connectivity index (χ3v) is 6.61. The van der Waals surface area contributed by atoms with Crippen molar-refractivity contribution < 1.29 is 24.5 Å². The third kappa shape index (κ3) is 3.71. The first-order valence-corrected chi connectivity index (χ1v) is 11.3. The Balaban J connectivity index is 1.69. The van der Waals surface area contributed by atoms with Crippen molar-refractivity contribution in [1.82, 2.24) is 0 Å². The summed E-state index contributed by atoms with van der Waals surface area (Å²) >= 11 is 0. The number of methoxy groups -OCH3 is 1. The molecule has 3 aromatic carbocycles. The summed E-state index contributed by atoms with van der Waals surface area (Å²) in [5.41, 5.74) is 4.04. The summed E-state index contributed by atoms with van der Waals surface area (Å²) in [6.07, 6.45) is 4.16. The minimum Gasteiger partial charge on any atom is -0.508 e. The molecule has 5 rings (SSSR count). The number of phenolic OH excluding ortho intramolecular Hbond substituents is 1. The third-order valence-electron chi connectivity index (χ3n) is 6.61. The van der Waals surface area contributed by atoms with Gasteiger partial charge in [0, 0.05) is 17.3 Å². The van der Waals surface area contributed by atoms with Crippen LogP contribution in [0.25, 0.3) is 5.76 Å². The summed E-state index contributed by atoms with van der Waals surface area (Å²) in [4.78, 5) is 28.0. The zero-order valence-electron chi connectivity index (χ0n) is 18.8. The van der Waals surface area contributed by atoms with Crippen LogP contribution in [0.15, 0.2) is 72.3 Å². The molecule has 2 aliphatic rings. The molecule has 0 bridgehead atoms. The Morgan fingerprint density at radius 3 is 2.41 bits per heavy atom. The summed E-state index contributed by atoms with van der Waals surface area (Å²) in [6.45, 7) is 0. The van der Waals surface area contributed by atoms with Gasteiger partial charge in [-0.3, -0.25) is 14.5 Å². The Morgan fingerprint density at radius 2 is 1.68 bits per heavy atom. The molecule has 0 saturated carbocycles. The van der Waals surface area contributed by atoms with E-state index in [0.29, 0.717) is 22.6 Å².